The number of piperidine rings is 1. The number of amides is 1. The summed E-state index contributed by atoms with van der Waals surface area (Å²) in [5.41, 5.74) is 3.49. The molecule has 3 aromatic rings. The third kappa shape index (κ3) is 6.67. The maximum absolute atomic E-state index is 12.6. The van der Waals surface area contributed by atoms with Gasteiger partial charge in [0.1, 0.15) is 17.9 Å². The van der Waals surface area contributed by atoms with Gasteiger partial charge >= 0.3 is 0 Å². The predicted molar refractivity (Wildman–Crippen MR) is 181 cm³/mol. The van der Waals surface area contributed by atoms with Crippen LogP contribution >= 0.6 is 0 Å². The second kappa shape index (κ2) is 13.7. The Balaban J connectivity index is 1.08. The molecule has 11 heteroatoms. The van der Waals surface area contributed by atoms with Crippen molar-refractivity contribution < 1.29 is 14.4 Å². The van der Waals surface area contributed by atoms with Crippen LogP contribution in [0.2, 0.25) is 0 Å². The van der Waals surface area contributed by atoms with Crippen molar-refractivity contribution in [2.45, 2.75) is 50.2 Å². The SMILES string of the molecule is C=CC(=O)Nc1cc(Nc2cc(N3OCCC3c3ccccc3)ncn2)c(OC)cc1N1CCC(N2CCN(C3CC3)CC2)CC1. The van der Waals surface area contributed by atoms with E-state index in [0.717, 1.165) is 57.2 Å². The summed E-state index contributed by atoms with van der Waals surface area (Å²) >= 11 is 0. The highest BCUT2D eigenvalue weighted by atomic mass is 16.7. The molecule has 46 heavy (non-hydrogen) atoms. The second-order valence-electron chi connectivity index (χ2n) is 12.5. The fraction of sp³-hybridized carbons (Fsp3) is 0.457. The zero-order valence-corrected chi connectivity index (χ0v) is 26.6. The van der Waals surface area contributed by atoms with Gasteiger partial charge in [0.05, 0.1) is 36.8 Å². The van der Waals surface area contributed by atoms with E-state index in [9.17, 15) is 4.79 Å². The van der Waals surface area contributed by atoms with Crippen LogP contribution in [0.15, 0.2) is 67.5 Å². The van der Waals surface area contributed by atoms with Crippen LogP contribution in [-0.2, 0) is 9.63 Å². The van der Waals surface area contributed by atoms with E-state index in [-0.39, 0.29) is 11.9 Å². The van der Waals surface area contributed by atoms with Crippen LogP contribution in [0.25, 0.3) is 0 Å². The molecule has 0 bridgehead atoms. The van der Waals surface area contributed by atoms with E-state index in [4.69, 9.17) is 9.57 Å². The van der Waals surface area contributed by atoms with Gasteiger partial charge in [0.2, 0.25) is 5.91 Å². The number of carbonyl (C=O) groups excluding carboxylic acids is 1. The average Bonchev–Trinajstić information content (AvgIpc) is 3.84. The van der Waals surface area contributed by atoms with Crippen molar-refractivity contribution >= 4 is 34.6 Å². The fourth-order valence-corrected chi connectivity index (χ4v) is 7.11. The number of rotatable bonds is 10. The minimum absolute atomic E-state index is 0.0648. The Hall–Kier alpha value is -4.19. The van der Waals surface area contributed by atoms with Crippen molar-refractivity contribution in [1.82, 2.24) is 19.8 Å². The molecule has 3 saturated heterocycles. The minimum Gasteiger partial charge on any atom is -0.494 e. The molecule has 7 rings (SSSR count). The molecule has 11 nitrogen and oxygen atoms in total. The Kier molecular flexibility index (Phi) is 9.05. The number of methoxy groups -OCH3 is 1. The summed E-state index contributed by atoms with van der Waals surface area (Å²) in [5.74, 6) is 1.64. The highest BCUT2D eigenvalue weighted by Gasteiger charge is 2.34. The summed E-state index contributed by atoms with van der Waals surface area (Å²) < 4.78 is 5.88. The molecule has 1 aliphatic carbocycles. The normalized spacial score (nSPS) is 21.3. The molecule has 4 fully saturated rings. The van der Waals surface area contributed by atoms with Crippen molar-refractivity contribution in [3.05, 3.63) is 73.1 Å². The lowest BCUT2D eigenvalue weighted by Gasteiger charge is -2.43. The molecule has 4 heterocycles. The van der Waals surface area contributed by atoms with E-state index in [0.29, 0.717) is 41.4 Å². The first-order valence-electron chi connectivity index (χ1n) is 16.5. The van der Waals surface area contributed by atoms with Crippen LogP contribution < -0.4 is 25.3 Å². The van der Waals surface area contributed by atoms with Crippen LogP contribution in [0.5, 0.6) is 5.75 Å². The van der Waals surface area contributed by atoms with Crippen LogP contribution in [0, 0.1) is 0 Å². The zero-order valence-electron chi connectivity index (χ0n) is 26.6. The van der Waals surface area contributed by atoms with Crippen LogP contribution in [0.3, 0.4) is 0 Å². The van der Waals surface area contributed by atoms with Crippen molar-refractivity contribution in [2.75, 3.05) is 73.6 Å². The molecule has 1 amide bonds. The van der Waals surface area contributed by atoms with Gasteiger partial charge in [-0.3, -0.25) is 19.4 Å². The lowest BCUT2D eigenvalue weighted by Crippen LogP contribution is -2.53. The van der Waals surface area contributed by atoms with Gasteiger partial charge in [-0.2, -0.15) is 0 Å². The highest BCUT2D eigenvalue weighted by molar-refractivity contribution is 6.02. The van der Waals surface area contributed by atoms with Gasteiger partial charge in [-0.05, 0) is 43.4 Å². The number of carbonyl (C=O) groups is 1. The fourth-order valence-electron chi connectivity index (χ4n) is 7.11. The number of ether oxygens (including phenoxy) is 1. The average molecular weight is 625 g/mol. The zero-order chi connectivity index (χ0) is 31.5. The molecule has 0 radical (unpaired) electrons. The quantitative estimate of drug-likeness (QED) is 0.301. The number of aromatic nitrogens is 2. The largest absolute Gasteiger partial charge is 0.494 e. The molecule has 3 aliphatic heterocycles. The Labute approximate surface area is 271 Å². The Bertz CT molecular complexity index is 1520. The maximum atomic E-state index is 12.6. The first kappa shape index (κ1) is 30.5. The van der Waals surface area contributed by atoms with Gasteiger partial charge in [-0.15, -0.1) is 0 Å². The van der Waals surface area contributed by atoms with Gasteiger partial charge in [-0.1, -0.05) is 36.9 Å². The molecule has 4 aliphatic rings. The molecule has 0 spiro atoms. The Morgan fingerprint density at radius 1 is 0.913 bits per heavy atom. The summed E-state index contributed by atoms with van der Waals surface area (Å²) in [5, 5.41) is 8.30. The second-order valence-corrected chi connectivity index (χ2v) is 12.5. The minimum atomic E-state index is -0.261. The van der Waals surface area contributed by atoms with Crippen molar-refractivity contribution in [3.63, 3.8) is 0 Å². The van der Waals surface area contributed by atoms with Gasteiger partial charge in [0.25, 0.3) is 0 Å². The van der Waals surface area contributed by atoms with Gasteiger partial charge in [0, 0.05) is 69.9 Å². The molecule has 2 aromatic carbocycles. The summed E-state index contributed by atoms with van der Waals surface area (Å²) in [7, 11) is 1.66. The van der Waals surface area contributed by atoms with Crippen LogP contribution in [0.1, 0.15) is 43.7 Å². The molecular weight excluding hydrogens is 580 g/mol. The van der Waals surface area contributed by atoms with E-state index in [1.165, 1.54) is 43.9 Å². The number of nitrogens with one attached hydrogen (secondary N) is 2. The maximum Gasteiger partial charge on any atom is 0.247 e. The molecule has 2 N–H and O–H groups in total. The van der Waals surface area contributed by atoms with Crippen molar-refractivity contribution in [2.24, 2.45) is 0 Å². The molecular formula is C35H44N8O3. The lowest BCUT2D eigenvalue weighted by atomic mass is 10.0. The van der Waals surface area contributed by atoms with E-state index >= 15 is 0 Å². The molecule has 1 saturated carbocycles. The van der Waals surface area contributed by atoms with Gasteiger partial charge in [-0.25, -0.2) is 15.0 Å². The van der Waals surface area contributed by atoms with Crippen molar-refractivity contribution in [1.29, 1.82) is 0 Å². The number of nitrogens with zero attached hydrogens (tertiary/aromatic N) is 6. The third-order valence-corrected chi connectivity index (χ3v) is 9.73. The molecule has 1 unspecified atom stereocenters. The number of benzene rings is 2. The Morgan fingerprint density at radius 2 is 1.63 bits per heavy atom. The summed E-state index contributed by atoms with van der Waals surface area (Å²) in [6.07, 6.45) is 8.63. The summed E-state index contributed by atoms with van der Waals surface area (Å²) in [4.78, 5) is 35.3. The summed E-state index contributed by atoms with van der Waals surface area (Å²) in [6.45, 7) is 10.8. The summed E-state index contributed by atoms with van der Waals surface area (Å²) in [6, 6.07) is 17.6. The smallest absolute Gasteiger partial charge is 0.247 e. The van der Waals surface area contributed by atoms with E-state index in [2.05, 4.69) is 54.0 Å². The number of hydrogen-bond donors (Lipinski definition) is 2. The topological polar surface area (TPSA) is 98.3 Å². The first-order valence-corrected chi connectivity index (χ1v) is 16.5. The molecule has 1 atom stereocenters. The van der Waals surface area contributed by atoms with E-state index in [1.54, 1.807) is 7.11 Å². The predicted octanol–water partition coefficient (Wildman–Crippen LogP) is 4.99. The number of anilines is 5. The molecule has 242 valence electrons. The number of hydroxylamine groups is 1. The Morgan fingerprint density at radius 3 is 2.30 bits per heavy atom. The van der Waals surface area contributed by atoms with Crippen LogP contribution in [-0.4, -0.2) is 90.7 Å². The van der Waals surface area contributed by atoms with E-state index in [1.807, 2.05) is 41.5 Å². The number of piperazine rings is 1. The monoisotopic (exact) mass is 624 g/mol. The van der Waals surface area contributed by atoms with Crippen molar-refractivity contribution in [3.8, 4) is 5.75 Å². The van der Waals surface area contributed by atoms with Gasteiger partial charge in [0.15, 0.2) is 5.82 Å². The lowest BCUT2D eigenvalue weighted by molar-refractivity contribution is -0.111. The van der Waals surface area contributed by atoms with E-state index < -0.39 is 0 Å². The molecule has 1 aromatic heterocycles. The number of hydrogen-bond acceptors (Lipinski definition) is 10. The third-order valence-electron chi connectivity index (χ3n) is 9.73. The van der Waals surface area contributed by atoms with Gasteiger partial charge < -0.3 is 20.3 Å². The van der Waals surface area contributed by atoms with Crippen LogP contribution in [0.4, 0.5) is 28.7 Å². The standard InChI is InChI=1S/C35H44N8O3/c1-3-35(44)39-28-21-29(38-33-23-34(37-24-36-33)43-30(13-20-46-43)25-7-5-4-6-8-25)32(45-2)22-31(28)42-14-11-27(12-15-42)41-18-16-40(17-19-41)26-9-10-26/h3-8,21-24,26-27,30H,1,9-20H2,2H3,(H,39,44)(H,36,37,38). The first-order chi connectivity index (χ1) is 22.6. The highest BCUT2D eigenvalue weighted by Crippen LogP contribution is 2.41.